The highest BCUT2D eigenvalue weighted by Gasteiger charge is 2.18. The van der Waals surface area contributed by atoms with Crippen LogP contribution < -0.4 is 5.32 Å². The van der Waals surface area contributed by atoms with Crippen LogP contribution in [0.2, 0.25) is 0 Å². The number of carbonyl (C=O) groups is 1. The lowest BCUT2D eigenvalue weighted by molar-refractivity contribution is 0.102. The third-order valence-corrected chi connectivity index (χ3v) is 4.68. The van der Waals surface area contributed by atoms with Gasteiger partial charge in [-0.2, -0.15) is 0 Å². The third kappa shape index (κ3) is 2.50. The van der Waals surface area contributed by atoms with E-state index in [-0.39, 0.29) is 5.91 Å². The van der Waals surface area contributed by atoms with Crippen LogP contribution in [0, 0.1) is 13.8 Å². The van der Waals surface area contributed by atoms with E-state index in [1.165, 1.54) is 27.8 Å². The first kappa shape index (κ1) is 14.7. The summed E-state index contributed by atoms with van der Waals surface area (Å²) in [4.78, 5) is 12.6. The SMILES string of the molecule is Cc1ccc(C(=O)Nc2ccc3c(c2)Cc2ccccc2-3)c(C)c1. The van der Waals surface area contributed by atoms with Gasteiger partial charge < -0.3 is 5.32 Å². The van der Waals surface area contributed by atoms with Crippen LogP contribution in [-0.4, -0.2) is 5.91 Å². The smallest absolute Gasteiger partial charge is 0.255 e. The second kappa shape index (κ2) is 5.64. The van der Waals surface area contributed by atoms with Crippen molar-refractivity contribution in [3.05, 3.63) is 88.5 Å². The zero-order valence-electron chi connectivity index (χ0n) is 13.9. The molecule has 2 heteroatoms. The van der Waals surface area contributed by atoms with E-state index in [0.29, 0.717) is 0 Å². The number of rotatable bonds is 2. The van der Waals surface area contributed by atoms with Crippen molar-refractivity contribution >= 4 is 11.6 Å². The Kier molecular flexibility index (Phi) is 3.46. The van der Waals surface area contributed by atoms with E-state index in [1.54, 1.807) is 0 Å². The van der Waals surface area contributed by atoms with Crippen molar-refractivity contribution in [2.45, 2.75) is 20.3 Å². The summed E-state index contributed by atoms with van der Waals surface area (Å²) in [6.45, 7) is 4.01. The number of anilines is 1. The predicted octanol–water partition coefficient (Wildman–Crippen LogP) is 5.13. The highest BCUT2D eigenvalue weighted by Crippen LogP contribution is 2.37. The molecule has 118 valence electrons. The van der Waals surface area contributed by atoms with E-state index in [2.05, 4.69) is 41.7 Å². The molecule has 0 radical (unpaired) electrons. The Morgan fingerprint density at radius 2 is 1.67 bits per heavy atom. The zero-order chi connectivity index (χ0) is 16.7. The maximum Gasteiger partial charge on any atom is 0.255 e. The molecule has 0 unspecified atom stereocenters. The second-order valence-electron chi connectivity index (χ2n) is 6.48. The fourth-order valence-electron chi connectivity index (χ4n) is 3.49. The van der Waals surface area contributed by atoms with Crippen LogP contribution in [0.15, 0.2) is 60.7 Å². The molecule has 1 aliphatic rings. The number of aryl methyl sites for hydroxylation is 2. The van der Waals surface area contributed by atoms with Gasteiger partial charge in [0, 0.05) is 11.3 Å². The summed E-state index contributed by atoms with van der Waals surface area (Å²) in [7, 11) is 0. The van der Waals surface area contributed by atoms with Crippen LogP contribution in [0.1, 0.15) is 32.6 Å². The number of amides is 1. The molecule has 0 saturated heterocycles. The molecule has 0 spiro atoms. The van der Waals surface area contributed by atoms with Crippen molar-refractivity contribution in [1.29, 1.82) is 0 Å². The zero-order valence-corrected chi connectivity index (χ0v) is 13.9. The van der Waals surface area contributed by atoms with Gasteiger partial charge in [-0.05, 0) is 66.3 Å². The van der Waals surface area contributed by atoms with Crippen LogP contribution in [0.25, 0.3) is 11.1 Å². The molecule has 1 N–H and O–H groups in total. The maximum atomic E-state index is 12.6. The molecule has 0 aromatic heterocycles. The van der Waals surface area contributed by atoms with E-state index >= 15 is 0 Å². The lowest BCUT2D eigenvalue weighted by atomic mass is 10.0. The maximum absolute atomic E-state index is 12.6. The Bertz CT molecular complexity index is 956. The first-order valence-corrected chi connectivity index (χ1v) is 8.21. The molecule has 0 aliphatic heterocycles. The Morgan fingerprint density at radius 1 is 0.875 bits per heavy atom. The summed E-state index contributed by atoms with van der Waals surface area (Å²) < 4.78 is 0. The lowest BCUT2D eigenvalue weighted by Crippen LogP contribution is -2.13. The van der Waals surface area contributed by atoms with E-state index in [1.807, 2.05) is 38.1 Å². The second-order valence-corrected chi connectivity index (χ2v) is 6.48. The van der Waals surface area contributed by atoms with Crippen molar-refractivity contribution < 1.29 is 4.79 Å². The number of fused-ring (bicyclic) bond motifs is 3. The van der Waals surface area contributed by atoms with Gasteiger partial charge in [0.1, 0.15) is 0 Å². The van der Waals surface area contributed by atoms with E-state index in [9.17, 15) is 4.79 Å². The molecule has 3 aromatic rings. The summed E-state index contributed by atoms with van der Waals surface area (Å²) in [5.74, 6) is -0.0528. The molecule has 1 amide bonds. The minimum Gasteiger partial charge on any atom is -0.322 e. The lowest BCUT2D eigenvalue weighted by Gasteiger charge is -2.10. The number of hydrogen-bond donors (Lipinski definition) is 1. The molecule has 4 rings (SSSR count). The number of carbonyl (C=O) groups excluding carboxylic acids is 1. The molecular formula is C22H19NO. The summed E-state index contributed by atoms with van der Waals surface area (Å²) in [5.41, 5.74) is 8.95. The Balaban J connectivity index is 1.61. The monoisotopic (exact) mass is 313 g/mol. The fourth-order valence-corrected chi connectivity index (χ4v) is 3.49. The van der Waals surface area contributed by atoms with Gasteiger partial charge in [-0.15, -0.1) is 0 Å². The Hall–Kier alpha value is -2.87. The van der Waals surface area contributed by atoms with Crippen LogP contribution in [0.3, 0.4) is 0 Å². The summed E-state index contributed by atoms with van der Waals surface area (Å²) in [5, 5.41) is 3.04. The standard InChI is InChI=1S/C22H19NO/c1-14-7-9-19(15(2)11-14)22(24)23-18-8-10-21-17(13-18)12-16-5-3-4-6-20(16)21/h3-11,13H,12H2,1-2H3,(H,23,24). The molecule has 0 heterocycles. The highest BCUT2D eigenvalue weighted by molar-refractivity contribution is 6.05. The molecule has 0 saturated carbocycles. The molecule has 0 fully saturated rings. The van der Waals surface area contributed by atoms with Gasteiger partial charge in [0.15, 0.2) is 0 Å². The van der Waals surface area contributed by atoms with Crippen LogP contribution >= 0.6 is 0 Å². The van der Waals surface area contributed by atoms with Gasteiger partial charge >= 0.3 is 0 Å². The van der Waals surface area contributed by atoms with Gasteiger partial charge in [-0.3, -0.25) is 4.79 Å². The normalized spacial score (nSPS) is 11.8. The van der Waals surface area contributed by atoms with Crippen molar-refractivity contribution in [2.24, 2.45) is 0 Å². The quantitative estimate of drug-likeness (QED) is 0.546. The van der Waals surface area contributed by atoms with Crippen LogP contribution in [-0.2, 0) is 6.42 Å². The van der Waals surface area contributed by atoms with Gasteiger partial charge in [0.25, 0.3) is 5.91 Å². The number of hydrogen-bond acceptors (Lipinski definition) is 1. The highest BCUT2D eigenvalue weighted by atomic mass is 16.1. The van der Waals surface area contributed by atoms with Crippen molar-refractivity contribution in [3.8, 4) is 11.1 Å². The minimum absolute atomic E-state index is 0.0528. The van der Waals surface area contributed by atoms with Crippen LogP contribution in [0.5, 0.6) is 0 Å². The fraction of sp³-hybridized carbons (Fsp3) is 0.136. The van der Waals surface area contributed by atoms with Gasteiger partial charge in [0.05, 0.1) is 0 Å². The van der Waals surface area contributed by atoms with Crippen molar-refractivity contribution in [2.75, 3.05) is 5.32 Å². The molecule has 2 nitrogen and oxygen atoms in total. The third-order valence-electron chi connectivity index (χ3n) is 4.68. The molecule has 24 heavy (non-hydrogen) atoms. The molecule has 1 aliphatic carbocycles. The first-order valence-electron chi connectivity index (χ1n) is 8.21. The van der Waals surface area contributed by atoms with Crippen LogP contribution in [0.4, 0.5) is 5.69 Å². The average molecular weight is 313 g/mol. The van der Waals surface area contributed by atoms with Gasteiger partial charge in [0.2, 0.25) is 0 Å². The van der Waals surface area contributed by atoms with Gasteiger partial charge in [-0.1, -0.05) is 48.0 Å². The average Bonchev–Trinajstić information content (AvgIpc) is 2.92. The number of benzene rings is 3. The van der Waals surface area contributed by atoms with Gasteiger partial charge in [-0.25, -0.2) is 0 Å². The summed E-state index contributed by atoms with van der Waals surface area (Å²) in [6, 6.07) is 20.6. The topological polar surface area (TPSA) is 29.1 Å². The number of nitrogens with one attached hydrogen (secondary N) is 1. The van der Waals surface area contributed by atoms with E-state index in [0.717, 1.165) is 23.2 Å². The minimum atomic E-state index is -0.0528. The Labute approximate surface area is 142 Å². The van der Waals surface area contributed by atoms with E-state index < -0.39 is 0 Å². The van der Waals surface area contributed by atoms with E-state index in [4.69, 9.17) is 0 Å². The first-order chi connectivity index (χ1) is 11.6. The summed E-state index contributed by atoms with van der Waals surface area (Å²) >= 11 is 0. The summed E-state index contributed by atoms with van der Waals surface area (Å²) in [6.07, 6.45) is 0.929. The largest absolute Gasteiger partial charge is 0.322 e. The molecule has 0 atom stereocenters. The van der Waals surface area contributed by atoms with Crippen molar-refractivity contribution in [3.63, 3.8) is 0 Å². The molecule has 0 bridgehead atoms. The predicted molar refractivity (Wildman–Crippen MR) is 98.6 cm³/mol. The molecular weight excluding hydrogens is 294 g/mol. The molecule has 3 aromatic carbocycles. The Morgan fingerprint density at radius 3 is 2.50 bits per heavy atom. The van der Waals surface area contributed by atoms with Crippen molar-refractivity contribution in [1.82, 2.24) is 0 Å².